The molecule has 1 aromatic heterocycles. The van der Waals surface area contributed by atoms with Crippen LogP contribution in [-0.4, -0.2) is 10.8 Å². The molecule has 0 spiro atoms. The third-order valence-electron chi connectivity index (χ3n) is 4.26. The number of aryl methyl sites for hydroxylation is 3. The second kappa shape index (κ2) is 6.93. The summed E-state index contributed by atoms with van der Waals surface area (Å²) in [6, 6.07) is 17.1. The second-order valence-corrected chi connectivity index (χ2v) is 7.35. The van der Waals surface area contributed by atoms with Gasteiger partial charge < -0.3 is 4.57 Å². The summed E-state index contributed by atoms with van der Waals surface area (Å²) >= 11 is 2.35. The van der Waals surface area contributed by atoms with Crippen LogP contribution in [0.1, 0.15) is 28.1 Å². The summed E-state index contributed by atoms with van der Waals surface area (Å²) in [4.78, 5) is 4.66. The molecule has 0 unspecified atom stereocenters. The third-order valence-corrected chi connectivity index (χ3v) is 5.47. The molecular weight excluding hydrogens is 407 g/mol. The number of rotatable bonds is 3. The average Bonchev–Trinajstić information content (AvgIpc) is 2.84. The first kappa shape index (κ1) is 17.0. The van der Waals surface area contributed by atoms with Crippen LogP contribution in [0.5, 0.6) is 0 Å². The molecule has 0 aliphatic carbocycles. The van der Waals surface area contributed by atoms with Crippen LogP contribution in [0.3, 0.4) is 0 Å². The van der Waals surface area contributed by atoms with Crippen molar-refractivity contribution in [3.05, 3.63) is 80.2 Å². The van der Waals surface area contributed by atoms with Gasteiger partial charge in [-0.3, -0.25) is 4.99 Å². The summed E-state index contributed by atoms with van der Waals surface area (Å²) in [6.45, 7) is 8.51. The molecule has 0 amide bonds. The molecule has 0 saturated carbocycles. The molecule has 0 aliphatic rings. The highest BCUT2D eigenvalue weighted by molar-refractivity contribution is 14.1. The van der Waals surface area contributed by atoms with E-state index in [9.17, 15) is 0 Å². The Morgan fingerprint density at radius 1 is 0.917 bits per heavy atom. The van der Waals surface area contributed by atoms with Crippen molar-refractivity contribution in [3.8, 4) is 5.69 Å². The van der Waals surface area contributed by atoms with Crippen LogP contribution in [0, 0.1) is 31.3 Å². The zero-order valence-corrected chi connectivity index (χ0v) is 16.6. The molecule has 3 heteroatoms. The molecule has 2 aromatic carbocycles. The van der Waals surface area contributed by atoms with Crippen molar-refractivity contribution < 1.29 is 0 Å². The van der Waals surface area contributed by atoms with Crippen LogP contribution in [0.2, 0.25) is 0 Å². The number of aromatic nitrogens is 1. The monoisotopic (exact) mass is 428 g/mol. The van der Waals surface area contributed by atoms with E-state index in [1.165, 1.54) is 31.8 Å². The van der Waals surface area contributed by atoms with Crippen LogP contribution in [0.15, 0.2) is 53.5 Å². The molecule has 3 aromatic rings. The topological polar surface area (TPSA) is 17.3 Å². The fourth-order valence-electron chi connectivity index (χ4n) is 2.86. The molecule has 0 saturated heterocycles. The normalized spacial score (nSPS) is 11.4. The van der Waals surface area contributed by atoms with Gasteiger partial charge in [0, 0.05) is 32.4 Å². The van der Waals surface area contributed by atoms with Gasteiger partial charge in [-0.15, -0.1) is 0 Å². The smallest absolute Gasteiger partial charge is 0.0633 e. The summed E-state index contributed by atoms with van der Waals surface area (Å²) in [5.41, 5.74) is 8.31. The molecule has 2 nitrogen and oxygen atoms in total. The molecule has 24 heavy (non-hydrogen) atoms. The fraction of sp³-hybridized carbons (Fsp3) is 0.190. The second-order valence-electron chi connectivity index (χ2n) is 6.19. The molecule has 0 aliphatic heterocycles. The molecule has 0 fully saturated rings. The van der Waals surface area contributed by atoms with E-state index in [0.29, 0.717) is 0 Å². The summed E-state index contributed by atoms with van der Waals surface area (Å²) < 4.78 is 3.55. The van der Waals surface area contributed by atoms with Gasteiger partial charge in [0.1, 0.15) is 0 Å². The Hall–Kier alpha value is -1.88. The van der Waals surface area contributed by atoms with Gasteiger partial charge in [0.25, 0.3) is 0 Å². The number of hydrogen-bond donors (Lipinski definition) is 0. The van der Waals surface area contributed by atoms with Crippen molar-refractivity contribution in [1.29, 1.82) is 0 Å². The summed E-state index contributed by atoms with van der Waals surface area (Å²) in [5, 5.41) is 0. The predicted octanol–water partition coefficient (Wildman–Crippen LogP) is 6.07. The Balaban J connectivity index is 1.95. The minimum atomic E-state index is 0.994. The number of benzene rings is 2. The SMILES string of the molecule is Cc1ccc(-n2c(C)cc(C=Nc3ccc(I)c(C)c3)c2C)cc1. The average molecular weight is 428 g/mol. The highest BCUT2D eigenvalue weighted by Crippen LogP contribution is 2.22. The van der Waals surface area contributed by atoms with E-state index in [1.54, 1.807) is 0 Å². The van der Waals surface area contributed by atoms with Gasteiger partial charge in [0.2, 0.25) is 0 Å². The summed E-state index contributed by atoms with van der Waals surface area (Å²) in [7, 11) is 0. The molecule has 0 radical (unpaired) electrons. The van der Waals surface area contributed by atoms with Crippen molar-refractivity contribution in [2.45, 2.75) is 27.7 Å². The van der Waals surface area contributed by atoms with Crippen LogP contribution in [0.25, 0.3) is 5.69 Å². The Morgan fingerprint density at radius 3 is 2.29 bits per heavy atom. The van der Waals surface area contributed by atoms with E-state index in [1.807, 2.05) is 6.21 Å². The van der Waals surface area contributed by atoms with Crippen LogP contribution in [-0.2, 0) is 0 Å². The number of nitrogens with zero attached hydrogens (tertiary/aromatic N) is 2. The maximum absolute atomic E-state index is 4.66. The lowest BCUT2D eigenvalue weighted by molar-refractivity contribution is 0.964. The van der Waals surface area contributed by atoms with Crippen molar-refractivity contribution in [1.82, 2.24) is 4.57 Å². The van der Waals surface area contributed by atoms with Gasteiger partial charge in [-0.05, 0) is 92.2 Å². The van der Waals surface area contributed by atoms with Crippen molar-refractivity contribution >= 4 is 34.5 Å². The third kappa shape index (κ3) is 3.46. The van der Waals surface area contributed by atoms with Gasteiger partial charge in [-0.2, -0.15) is 0 Å². The standard InChI is InChI=1S/C21H21IN2/c1-14-5-8-20(9-6-14)24-16(3)12-18(17(24)4)13-23-19-7-10-21(22)15(2)11-19/h5-13H,1-4H3. The molecule has 0 N–H and O–H groups in total. The Labute approximate surface area is 157 Å². The molecule has 3 rings (SSSR count). The van der Waals surface area contributed by atoms with Crippen molar-refractivity contribution in [2.75, 3.05) is 0 Å². The number of aliphatic imine (C=N–C) groups is 1. The van der Waals surface area contributed by atoms with E-state index >= 15 is 0 Å². The van der Waals surface area contributed by atoms with Crippen molar-refractivity contribution in [3.63, 3.8) is 0 Å². The number of halogens is 1. The minimum Gasteiger partial charge on any atom is -0.318 e. The summed E-state index contributed by atoms with van der Waals surface area (Å²) in [6.07, 6.45) is 1.97. The molecule has 122 valence electrons. The van der Waals surface area contributed by atoms with E-state index < -0.39 is 0 Å². The lowest BCUT2D eigenvalue weighted by Gasteiger charge is -2.09. The van der Waals surface area contributed by atoms with Gasteiger partial charge >= 0.3 is 0 Å². The van der Waals surface area contributed by atoms with E-state index in [0.717, 1.165) is 11.3 Å². The Bertz CT molecular complexity index is 902. The van der Waals surface area contributed by atoms with Crippen LogP contribution in [0.4, 0.5) is 5.69 Å². The Morgan fingerprint density at radius 2 is 1.62 bits per heavy atom. The zero-order valence-electron chi connectivity index (χ0n) is 14.5. The Kier molecular flexibility index (Phi) is 4.90. The predicted molar refractivity (Wildman–Crippen MR) is 111 cm³/mol. The molecular formula is C21H21IN2. The van der Waals surface area contributed by atoms with Gasteiger partial charge in [-0.1, -0.05) is 17.7 Å². The highest BCUT2D eigenvalue weighted by Gasteiger charge is 2.09. The lowest BCUT2D eigenvalue weighted by atomic mass is 10.2. The van der Waals surface area contributed by atoms with E-state index in [-0.39, 0.29) is 0 Å². The molecule has 0 bridgehead atoms. The molecule has 1 heterocycles. The quantitative estimate of drug-likeness (QED) is 0.356. The van der Waals surface area contributed by atoms with Crippen molar-refractivity contribution in [2.24, 2.45) is 4.99 Å². The minimum absolute atomic E-state index is 0.994. The zero-order chi connectivity index (χ0) is 17.3. The number of hydrogen-bond acceptors (Lipinski definition) is 1. The van der Waals surface area contributed by atoms with Crippen LogP contribution < -0.4 is 0 Å². The first-order valence-corrected chi connectivity index (χ1v) is 9.10. The maximum Gasteiger partial charge on any atom is 0.0633 e. The molecule has 0 atom stereocenters. The van der Waals surface area contributed by atoms with E-state index in [2.05, 4.69) is 108 Å². The first-order valence-electron chi connectivity index (χ1n) is 8.02. The largest absolute Gasteiger partial charge is 0.318 e. The lowest BCUT2D eigenvalue weighted by Crippen LogP contribution is -1.99. The maximum atomic E-state index is 4.66. The highest BCUT2D eigenvalue weighted by atomic mass is 127. The van der Waals surface area contributed by atoms with Gasteiger partial charge in [0.05, 0.1) is 5.69 Å². The fourth-order valence-corrected chi connectivity index (χ4v) is 3.20. The van der Waals surface area contributed by atoms with Gasteiger partial charge in [0.15, 0.2) is 0 Å². The summed E-state index contributed by atoms with van der Waals surface area (Å²) in [5.74, 6) is 0. The van der Waals surface area contributed by atoms with Crippen LogP contribution >= 0.6 is 22.6 Å². The van der Waals surface area contributed by atoms with Gasteiger partial charge in [-0.25, -0.2) is 0 Å². The first-order chi connectivity index (χ1) is 11.5. The van der Waals surface area contributed by atoms with E-state index in [4.69, 9.17) is 0 Å².